The van der Waals surface area contributed by atoms with Crippen LogP contribution in [0.5, 0.6) is 5.75 Å². The molecule has 0 radical (unpaired) electrons. The highest BCUT2D eigenvalue weighted by Crippen LogP contribution is 2.08. The first kappa shape index (κ1) is 15.3. The summed E-state index contributed by atoms with van der Waals surface area (Å²) in [6.45, 7) is 1.24. The molecule has 1 aromatic carbocycles. The summed E-state index contributed by atoms with van der Waals surface area (Å²) in [5.41, 5.74) is 5.79. The number of carbonyl (C=O) groups is 2. The number of benzene rings is 1. The van der Waals surface area contributed by atoms with Crippen molar-refractivity contribution in [1.29, 1.82) is 0 Å². The van der Waals surface area contributed by atoms with Gasteiger partial charge in [0.2, 0.25) is 5.91 Å². The van der Waals surface area contributed by atoms with Gasteiger partial charge in [0, 0.05) is 19.1 Å². The number of likely N-dealkylation sites (tertiary alicyclic amines) is 1. The van der Waals surface area contributed by atoms with Crippen LogP contribution >= 0.6 is 0 Å². The second kappa shape index (κ2) is 7.64. The Balaban J connectivity index is 1.65. The number of para-hydroxylation sites is 1. The number of nitrogens with two attached hydrogens (primary N) is 1. The number of carbonyl (C=O) groups excluding carboxylic acids is 2. The monoisotopic (exact) mass is 291 g/mol. The molecule has 2 amide bonds. The maximum absolute atomic E-state index is 11.9. The molecule has 0 unspecified atom stereocenters. The molecule has 0 spiro atoms. The van der Waals surface area contributed by atoms with Crippen molar-refractivity contribution in [2.24, 2.45) is 5.73 Å². The van der Waals surface area contributed by atoms with Gasteiger partial charge in [0.15, 0.2) is 6.61 Å². The highest BCUT2D eigenvalue weighted by Gasteiger charge is 2.20. The predicted octanol–water partition coefficient (Wildman–Crippen LogP) is 0.131. The Kier molecular flexibility index (Phi) is 5.57. The molecule has 1 aliphatic rings. The van der Waals surface area contributed by atoms with Crippen LogP contribution in [-0.4, -0.2) is 49.0 Å². The number of hydrogen-bond acceptors (Lipinski definition) is 4. The SMILES string of the molecule is NC1CCN(C(=O)CNC(=O)COc2ccccc2)CC1. The topological polar surface area (TPSA) is 84.7 Å². The van der Waals surface area contributed by atoms with E-state index >= 15 is 0 Å². The Bertz CT molecular complexity index is 470. The number of ether oxygens (including phenoxy) is 1. The van der Waals surface area contributed by atoms with Gasteiger partial charge in [0.25, 0.3) is 5.91 Å². The van der Waals surface area contributed by atoms with E-state index in [1.165, 1.54) is 0 Å². The minimum atomic E-state index is -0.305. The Morgan fingerprint density at radius 2 is 1.90 bits per heavy atom. The van der Waals surface area contributed by atoms with Crippen LogP contribution in [0.3, 0.4) is 0 Å². The third-order valence-corrected chi connectivity index (χ3v) is 3.44. The summed E-state index contributed by atoms with van der Waals surface area (Å²) in [5.74, 6) is 0.250. The molecular weight excluding hydrogens is 270 g/mol. The van der Waals surface area contributed by atoms with Gasteiger partial charge in [-0.25, -0.2) is 0 Å². The van der Waals surface area contributed by atoms with Crippen molar-refractivity contribution < 1.29 is 14.3 Å². The van der Waals surface area contributed by atoms with Crippen molar-refractivity contribution >= 4 is 11.8 Å². The molecule has 6 nitrogen and oxygen atoms in total. The lowest BCUT2D eigenvalue weighted by Crippen LogP contribution is -2.47. The van der Waals surface area contributed by atoms with Gasteiger partial charge in [-0.15, -0.1) is 0 Å². The van der Waals surface area contributed by atoms with E-state index in [-0.39, 0.29) is 31.0 Å². The summed E-state index contributed by atoms with van der Waals surface area (Å²) in [6.07, 6.45) is 1.63. The molecule has 0 bridgehead atoms. The Morgan fingerprint density at radius 1 is 1.24 bits per heavy atom. The zero-order chi connectivity index (χ0) is 15.1. The van der Waals surface area contributed by atoms with E-state index in [0.717, 1.165) is 12.8 Å². The smallest absolute Gasteiger partial charge is 0.258 e. The summed E-state index contributed by atoms with van der Waals surface area (Å²) >= 11 is 0. The van der Waals surface area contributed by atoms with Crippen LogP contribution in [-0.2, 0) is 9.59 Å². The maximum Gasteiger partial charge on any atom is 0.258 e. The van der Waals surface area contributed by atoms with Gasteiger partial charge in [0.05, 0.1) is 6.54 Å². The first-order valence-electron chi connectivity index (χ1n) is 7.13. The van der Waals surface area contributed by atoms with Crippen molar-refractivity contribution in [3.8, 4) is 5.75 Å². The molecule has 0 atom stereocenters. The van der Waals surface area contributed by atoms with Gasteiger partial charge >= 0.3 is 0 Å². The van der Waals surface area contributed by atoms with Gasteiger partial charge in [-0.1, -0.05) is 18.2 Å². The molecule has 0 aromatic heterocycles. The summed E-state index contributed by atoms with van der Waals surface area (Å²) in [5, 5.41) is 2.57. The normalized spacial score (nSPS) is 15.6. The van der Waals surface area contributed by atoms with Crippen molar-refractivity contribution in [1.82, 2.24) is 10.2 Å². The minimum Gasteiger partial charge on any atom is -0.484 e. The van der Waals surface area contributed by atoms with E-state index in [1.807, 2.05) is 18.2 Å². The van der Waals surface area contributed by atoms with Crippen molar-refractivity contribution in [2.75, 3.05) is 26.2 Å². The van der Waals surface area contributed by atoms with E-state index in [0.29, 0.717) is 18.8 Å². The Labute approximate surface area is 124 Å². The van der Waals surface area contributed by atoms with Gasteiger partial charge in [-0.05, 0) is 25.0 Å². The lowest BCUT2D eigenvalue weighted by molar-refractivity contribution is -0.134. The van der Waals surface area contributed by atoms with E-state index in [9.17, 15) is 9.59 Å². The van der Waals surface area contributed by atoms with E-state index < -0.39 is 0 Å². The number of amides is 2. The highest BCUT2D eigenvalue weighted by molar-refractivity contribution is 5.85. The van der Waals surface area contributed by atoms with Gasteiger partial charge in [0.1, 0.15) is 5.75 Å². The maximum atomic E-state index is 11.9. The molecular formula is C15H21N3O3. The van der Waals surface area contributed by atoms with E-state index in [4.69, 9.17) is 10.5 Å². The molecule has 1 heterocycles. The highest BCUT2D eigenvalue weighted by atomic mass is 16.5. The molecule has 3 N–H and O–H groups in total. The fraction of sp³-hybridized carbons (Fsp3) is 0.467. The Morgan fingerprint density at radius 3 is 2.57 bits per heavy atom. The number of rotatable bonds is 5. The standard InChI is InChI=1S/C15H21N3O3/c16-12-6-8-18(9-7-12)15(20)10-17-14(19)11-21-13-4-2-1-3-5-13/h1-5,12H,6-11,16H2,(H,17,19). The van der Waals surface area contributed by atoms with Crippen molar-refractivity contribution in [3.05, 3.63) is 30.3 Å². The summed E-state index contributed by atoms with van der Waals surface area (Å²) in [6, 6.07) is 9.26. The van der Waals surface area contributed by atoms with Crippen LogP contribution in [0.25, 0.3) is 0 Å². The number of piperidine rings is 1. The fourth-order valence-electron chi connectivity index (χ4n) is 2.15. The average Bonchev–Trinajstić information content (AvgIpc) is 2.52. The molecule has 1 aliphatic heterocycles. The van der Waals surface area contributed by atoms with Crippen molar-refractivity contribution in [3.63, 3.8) is 0 Å². The van der Waals surface area contributed by atoms with Crippen molar-refractivity contribution in [2.45, 2.75) is 18.9 Å². The first-order valence-corrected chi connectivity index (χ1v) is 7.13. The summed E-state index contributed by atoms with van der Waals surface area (Å²) < 4.78 is 5.31. The summed E-state index contributed by atoms with van der Waals surface area (Å²) in [4.78, 5) is 25.3. The predicted molar refractivity (Wildman–Crippen MR) is 78.7 cm³/mol. The molecule has 114 valence electrons. The van der Waals surface area contributed by atoms with Crippen LogP contribution in [0.2, 0.25) is 0 Å². The third-order valence-electron chi connectivity index (χ3n) is 3.44. The molecule has 21 heavy (non-hydrogen) atoms. The number of nitrogens with zero attached hydrogens (tertiary/aromatic N) is 1. The zero-order valence-corrected chi connectivity index (χ0v) is 12.0. The quantitative estimate of drug-likeness (QED) is 0.807. The summed E-state index contributed by atoms with van der Waals surface area (Å²) in [7, 11) is 0. The molecule has 1 saturated heterocycles. The van der Waals surface area contributed by atoms with Crippen LogP contribution in [0.4, 0.5) is 0 Å². The van der Waals surface area contributed by atoms with Gasteiger partial charge in [-0.2, -0.15) is 0 Å². The van der Waals surface area contributed by atoms with Crippen LogP contribution in [0.1, 0.15) is 12.8 Å². The number of nitrogens with one attached hydrogen (secondary N) is 1. The third kappa shape index (κ3) is 5.07. The molecule has 6 heteroatoms. The lowest BCUT2D eigenvalue weighted by Gasteiger charge is -2.30. The van der Waals surface area contributed by atoms with E-state index in [2.05, 4.69) is 5.32 Å². The molecule has 0 saturated carbocycles. The molecule has 1 aromatic rings. The molecule has 2 rings (SSSR count). The number of hydrogen-bond donors (Lipinski definition) is 2. The molecule has 0 aliphatic carbocycles. The van der Waals surface area contributed by atoms with Crippen LogP contribution in [0.15, 0.2) is 30.3 Å². The molecule has 1 fully saturated rings. The average molecular weight is 291 g/mol. The van der Waals surface area contributed by atoms with Crippen LogP contribution in [0, 0.1) is 0 Å². The van der Waals surface area contributed by atoms with Crippen LogP contribution < -0.4 is 15.8 Å². The lowest BCUT2D eigenvalue weighted by atomic mass is 10.1. The second-order valence-electron chi connectivity index (χ2n) is 5.10. The second-order valence-corrected chi connectivity index (χ2v) is 5.10. The minimum absolute atomic E-state index is 0.00617. The Hall–Kier alpha value is -2.08. The van der Waals surface area contributed by atoms with Gasteiger partial charge < -0.3 is 20.7 Å². The fourth-order valence-corrected chi connectivity index (χ4v) is 2.15. The van der Waals surface area contributed by atoms with Gasteiger partial charge in [-0.3, -0.25) is 9.59 Å². The largest absolute Gasteiger partial charge is 0.484 e. The zero-order valence-electron chi connectivity index (χ0n) is 12.0. The van der Waals surface area contributed by atoms with E-state index in [1.54, 1.807) is 17.0 Å². The first-order chi connectivity index (χ1) is 10.1.